The molecule has 6 nitrogen and oxygen atoms in total. The molecule has 1 aromatic heterocycles. The lowest BCUT2D eigenvalue weighted by Gasteiger charge is -2.43. The normalized spacial score (nSPS) is 21.4. The second-order valence-corrected chi connectivity index (χ2v) is 9.94. The van der Waals surface area contributed by atoms with Crippen LogP contribution >= 0.6 is 22.9 Å². The van der Waals surface area contributed by atoms with Crippen LogP contribution in [0.15, 0.2) is 41.8 Å². The first-order valence-electron chi connectivity index (χ1n) is 11.1. The number of amides is 2. The topological polar surface area (TPSA) is 59.1 Å². The van der Waals surface area contributed by atoms with Crippen molar-refractivity contribution in [2.24, 2.45) is 0 Å². The Hall–Kier alpha value is -2.09. The molecule has 8 heteroatoms. The third-order valence-corrected chi connectivity index (χ3v) is 7.10. The van der Waals surface area contributed by atoms with Crippen LogP contribution < -0.4 is 4.74 Å². The Kier molecular flexibility index (Phi) is 7.71. The molecule has 0 spiro atoms. The van der Waals surface area contributed by atoms with E-state index < -0.39 is 5.60 Å². The van der Waals surface area contributed by atoms with Crippen LogP contribution in [0, 0.1) is 0 Å². The molecule has 0 radical (unpaired) electrons. The van der Waals surface area contributed by atoms with Crippen molar-refractivity contribution in [3.05, 3.63) is 51.7 Å². The summed E-state index contributed by atoms with van der Waals surface area (Å²) in [6.45, 7) is 2.96. The number of hydrogen-bond donors (Lipinski definition) is 0. The fourth-order valence-corrected chi connectivity index (χ4v) is 5.16. The Balaban J connectivity index is 1.48. The zero-order valence-electron chi connectivity index (χ0n) is 18.1. The van der Waals surface area contributed by atoms with Crippen molar-refractivity contribution in [3.63, 3.8) is 0 Å². The lowest BCUT2D eigenvalue weighted by Crippen LogP contribution is -2.58. The molecule has 172 valence electrons. The number of carbonyl (C=O) groups is 2. The van der Waals surface area contributed by atoms with E-state index in [1.165, 1.54) is 0 Å². The molecule has 0 bridgehead atoms. The third kappa shape index (κ3) is 6.03. The number of likely N-dealkylation sites (tertiary alicyclic amines) is 1. The molecule has 1 aromatic carbocycles. The molecule has 0 N–H and O–H groups in total. The van der Waals surface area contributed by atoms with Gasteiger partial charge in [0.1, 0.15) is 18.0 Å². The van der Waals surface area contributed by atoms with Crippen LogP contribution in [-0.2, 0) is 20.7 Å². The first-order chi connectivity index (χ1) is 15.5. The molecular weight excluding hydrogens is 448 g/mol. The zero-order valence-corrected chi connectivity index (χ0v) is 19.7. The SMILES string of the molecule is O=C(C[C@@]1(COc2cccc(Cl)c2)CN(C(=O)Cc2cccs2)CCO1)N1CCCCC1. The highest BCUT2D eigenvalue weighted by atomic mass is 35.5. The van der Waals surface area contributed by atoms with Crippen LogP contribution in [0.5, 0.6) is 5.75 Å². The number of morpholine rings is 1. The molecule has 3 heterocycles. The van der Waals surface area contributed by atoms with Gasteiger partial charge in [-0.3, -0.25) is 9.59 Å². The van der Waals surface area contributed by atoms with Crippen LogP contribution in [-0.4, -0.2) is 66.6 Å². The average Bonchev–Trinajstić information content (AvgIpc) is 3.32. The third-order valence-electron chi connectivity index (χ3n) is 5.99. The highest BCUT2D eigenvalue weighted by molar-refractivity contribution is 7.10. The molecule has 32 heavy (non-hydrogen) atoms. The summed E-state index contributed by atoms with van der Waals surface area (Å²) < 4.78 is 12.2. The lowest BCUT2D eigenvalue weighted by molar-refractivity contribution is -0.165. The fraction of sp³-hybridized carbons (Fsp3) is 0.500. The van der Waals surface area contributed by atoms with Crippen LogP contribution in [0.1, 0.15) is 30.6 Å². The number of thiophene rings is 1. The smallest absolute Gasteiger partial charge is 0.228 e. The Labute approximate surface area is 198 Å². The first-order valence-corrected chi connectivity index (χ1v) is 12.4. The summed E-state index contributed by atoms with van der Waals surface area (Å²) in [6, 6.07) is 11.1. The van der Waals surface area contributed by atoms with E-state index in [1.807, 2.05) is 39.4 Å². The first kappa shape index (κ1) is 23.1. The number of piperidine rings is 1. The molecule has 0 aliphatic carbocycles. The van der Waals surface area contributed by atoms with Crippen molar-refractivity contribution in [2.75, 3.05) is 39.4 Å². The minimum atomic E-state index is -0.889. The molecule has 2 amide bonds. The van der Waals surface area contributed by atoms with Crippen LogP contribution in [0.25, 0.3) is 0 Å². The molecule has 0 saturated carbocycles. The summed E-state index contributed by atoms with van der Waals surface area (Å²) in [6.07, 6.45) is 3.78. The molecule has 2 aromatic rings. The lowest BCUT2D eigenvalue weighted by atomic mass is 9.96. The van der Waals surface area contributed by atoms with Crippen molar-refractivity contribution in [1.29, 1.82) is 0 Å². The standard InChI is InChI=1S/C24H29ClN2O4S/c25-19-6-4-7-20(14-19)30-18-24(16-23(29)26-9-2-1-3-10-26)17-27(11-12-31-24)22(28)15-21-8-5-13-32-21/h4-8,13-14H,1-3,9-12,15-18H2/t24-/m0/s1. The number of halogens is 1. The van der Waals surface area contributed by atoms with Crippen LogP contribution in [0.2, 0.25) is 5.02 Å². The van der Waals surface area contributed by atoms with Gasteiger partial charge in [0.2, 0.25) is 11.8 Å². The number of nitrogens with zero attached hydrogens (tertiary/aromatic N) is 2. The highest BCUT2D eigenvalue weighted by Gasteiger charge is 2.42. The average molecular weight is 477 g/mol. The van der Waals surface area contributed by atoms with E-state index in [0.717, 1.165) is 37.2 Å². The number of hydrogen-bond acceptors (Lipinski definition) is 5. The maximum absolute atomic E-state index is 13.1. The molecule has 4 rings (SSSR count). The van der Waals surface area contributed by atoms with Crippen molar-refractivity contribution in [2.45, 2.75) is 37.7 Å². The Bertz CT molecular complexity index is 916. The van der Waals surface area contributed by atoms with E-state index in [9.17, 15) is 9.59 Å². The van der Waals surface area contributed by atoms with Gasteiger partial charge < -0.3 is 19.3 Å². The van der Waals surface area contributed by atoms with Gasteiger partial charge in [-0.2, -0.15) is 0 Å². The summed E-state index contributed by atoms with van der Waals surface area (Å²) in [5, 5.41) is 2.56. The van der Waals surface area contributed by atoms with E-state index in [1.54, 1.807) is 23.5 Å². The Morgan fingerprint density at radius 1 is 1.06 bits per heavy atom. The fourth-order valence-electron chi connectivity index (χ4n) is 4.28. The van der Waals surface area contributed by atoms with Gasteiger partial charge in [0.15, 0.2) is 0 Å². The highest BCUT2D eigenvalue weighted by Crippen LogP contribution is 2.27. The van der Waals surface area contributed by atoms with E-state index in [4.69, 9.17) is 21.1 Å². The van der Waals surface area contributed by atoms with Crippen LogP contribution in [0.3, 0.4) is 0 Å². The molecule has 1 atom stereocenters. The maximum Gasteiger partial charge on any atom is 0.228 e. The second kappa shape index (κ2) is 10.7. The number of rotatable bonds is 7. The molecule has 2 aliphatic heterocycles. The van der Waals surface area contributed by atoms with Gasteiger partial charge in [-0.15, -0.1) is 11.3 Å². The number of ether oxygens (including phenoxy) is 2. The van der Waals surface area contributed by atoms with Gasteiger partial charge in [-0.25, -0.2) is 0 Å². The van der Waals surface area contributed by atoms with E-state index in [0.29, 0.717) is 36.9 Å². The van der Waals surface area contributed by atoms with Crippen molar-refractivity contribution in [3.8, 4) is 5.75 Å². The summed E-state index contributed by atoms with van der Waals surface area (Å²) in [5.41, 5.74) is -0.889. The van der Waals surface area contributed by atoms with E-state index in [-0.39, 0.29) is 24.8 Å². The van der Waals surface area contributed by atoms with Crippen molar-refractivity contribution < 1.29 is 19.1 Å². The minimum Gasteiger partial charge on any atom is -0.490 e. The van der Waals surface area contributed by atoms with Gasteiger partial charge in [-0.05, 0) is 48.9 Å². The minimum absolute atomic E-state index is 0.0494. The largest absolute Gasteiger partial charge is 0.490 e. The van der Waals surface area contributed by atoms with Gasteiger partial charge in [0.25, 0.3) is 0 Å². The quantitative estimate of drug-likeness (QED) is 0.605. The predicted molar refractivity (Wildman–Crippen MR) is 125 cm³/mol. The second-order valence-electron chi connectivity index (χ2n) is 8.47. The zero-order chi connectivity index (χ0) is 22.4. The van der Waals surface area contributed by atoms with Gasteiger partial charge in [0.05, 0.1) is 26.0 Å². The van der Waals surface area contributed by atoms with E-state index in [2.05, 4.69) is 0 Å². The molecular formula is C24H29ClN2O4S. The summed E-state index contributed by atoms with van der Waals surface area (Å²) in [5.74, 6) is 0.730. The summed E-state index contributed by atoms with van der Waals surface area (Å²) >= 11 is 7.67. The number of benzene rings is 1. The molecule has 2 aliphatic rings. The number of carbonyl (C=O) groups excluding carboxylic acids is 2. The van der Waals surface area contributed by atoms with Crippen molar-refractivity contribution >= 4 is 34.8 Å². The van der Waals surface area contributed by atoms with E-state index >= 15 is 0 Å². The predicted octanol–water partition coefficient (Wildman–Crippen LogP) is 4.02. The molecule has 0 unspecified atom stereocenters. The van der Waals surface area contributed by atoms with Crippen LogP contribution in [0.4, 0.5) is 0 Å². The molecule has 2 saturated heterocycles. The monoisotopic (exact) mass is 476 g/mol. The molecule has 2 fully saturated rings. The van der Waals surface area contributed by atoms with Crippen molar-refractivity contribution in [1.82, 2.24) is 9.80 Å². The van der Waals surface area contributed by atoms with Gasteiger partial charge in [-0.1, -0.05) is 23.7 Å². The Morgan fingerprint density at radius 2 is 1.91 bits per heavy atom. The summed E-state index contributed by atoms with van der Waals surface area (Å²) in [7, 11) is 0. The van der Waals surface area contributed by atoms with Gasteiger partial charge >= 0.3 is 0 Å². The maximum atomic E-state index is 13.1. The van der Waals surface area contributed by atoms with Gasteiger partial charge in [0, 0.05) is 29.5 Å². The summed E-state index contributed by atoms with van der Waals surface area (Å²) in [4.78, 5) is 30.9. The Morgan fingerprint density at radius 3 is 2.66 bits per heavy atom.